The zero-order valence-corrected chi connectivity index (χ0v) is 18.2. The average Bonchev–Trinajstić information content (AvgIpc) is 2.58. The van der Waals surface area contributed by atoms with Crippen LogP contribution >= 0.6 is 11.6 Å². The molecule has 0 aliphatic heterocycles. The Balaban J connectivity index is 2.85. The van der Waals surface area contributed by atoms with E-state index >= 15 is 0 Å². The van der Waals surface area contributed by atoms with E-state index in [2.05, 4.69) is 0 Å². The number of hydrogen-bond acceptors (Lipinski definition) is 6. The van der Waals surface area contributed by atoms with Gasteiger partial charge in [-0.1, -0.05) is 18.5 Å². The number of benzene rings is 1. The standard InChI is InChI=1S/C20H23ClO6S/c1-7-10-12(28(6,26)27)9-8-11(14(10)21)15(22)13-16(23)19(2,3)18(25)20(4,5)17(13)24/h8-9,22H,7H2,1-6H3. The highest BCUT2D eigenvalue weighted by Gasteiger charge is 2.56. The van der Waals surface area contributed by atoms with Gasteiger partial charge >= 0.3 is 0 Å². The van der Waals surface area contributed by atoms with E-state index in [1.807, 2.05) is 0 Å². The predicted molar refractivity (Wildman–Crippen MR) is 106 cm³/mol. The molecule has 0 atom stereocenters. The van der Waals surface area contributed by atoms with Gasteiger partial charge in [0.15, 0.2) is 27.2 Å². The lowest BCUT2D eigenvalue weighted by atomic mass is 9.60. The number of sulfone groups is 1. The highest BCUT2D eigenvalue weighted by atomic mass is 35.5. The van der Waals surface area contributed by atoms with E-state index in [9.17, 15) is 27.9 Å². The summed E-state index contributed by atoms with van der Waals surface area (Å²) in [6.45, 7) is 7.33. The molecule has 2 rings (SSSR count). The molecule has 1 fully saturated rings. The normalized spacial score (nSPS) is 19.1. The Morgan fingerprint density at radius 3 is 1.89 bits per heavy atom. The molecule has 0 radical (unpaired) electrons. The van der Waals surface area contributed by atoms with E-state index < -0.39 is 49.3 Å². The Kier molecular flexibility index (Phi) is 5.42. The number of hydrogen-bond donors (Lipinski definition) is 1. The molecule has 1 aliphatic rings. The summed E-state index contributed by atoms with van der Waals surface area (Å²) in [6, 6.07) is 2.54. The summed E-state index contributed by atoms with van der Waals surface area (Å²) in [5, 5.41) is 10.8. The number of rotatable bonds is 3. The third-order valence-electron chi connectivity index (χ3n) is 5.17. The summed E-state index contributed by atoms with van der Waals surface area (Å²) in [5.41, 5.74) is -3.23. The van der Waals surface area contributed by atoms with Crippen molar-refractivity contribution in [3.05, 3.63) is 33.9 Å². The highest BCUT2D eigenvalue weighted by Crippen LogP contribution is 2.43. The molecule has 152 valence electrons. The molecule has 0 bridgehead atoms. The number of allylic oxidation sites excluding steroid dienone is 1. The number of carbonyl (C=O) groups is 3. The van der Waals surface area contributed by atoms with Gasteiger partial charge in [-0.2, -0.15) is 0 Å². The summed E-state index contributed by atoms with van der Waals surface area (Å²) < 4.78 is 24.0. The molecule has 8 heteroatoms. The van der Waals surface area contributed by atoms with Crippen LogP contribution in [0.15, 0.2) is 22.6 Å². The zero-order chi connectivity index (χ0) is 21.8. The summed E-state index contributed by atoms with van der Waals surface area (Å²) in [5.74, 6) is -2.76. The largest absolute Gasteiger partial charge is 0.506 e. The third-order valence-corrected chi connectivity index (χ3v) is 6.78. The van der Waals surface area contributed by atoms with Crippen LogP contribution in [0.5, 0.6) is 0 Å². The van der Waals surface area contributed by atoms with Crippen LogP contribution in [0.1, 0.15) is 45.7 Å². The molecule has 1 aromatic rings. The maximum Gasteiger partial charge on any atom is 0.183 e. The van der Waals surface area contributed by atoms with Crippen LogP contribution < -0.4 is 0 Å². The lowest BCUT2D eigenvalue weighted by molar-refractivity contribution is -0.151. The monoisotopic (exact) mass is 426 g/mol. The van der Waals surface area contributed by atoms with E-state index in [4.69, 9.17) is 11.6 Å². The molecule has 0 heterocycles. The quantitative estimate of drug-likeness (QED) is 0.344. The first-order valence-corrected chi connectivity index (χ1v) is 11.0. The molecule has 0 unspecified atom stereocenters. The van der Waals surface area contributed by atoms with Crippen LogP contribution in [-0.4, -0.2) is 37.1 Å². The molecule has 1 aliphatic carbocycles. The van der Waals surface area contributed by atoms with Gasteiger partial charge in [0.25, 0.3) is 0 Å². The number of aliphatic hydroxyl groups is 1. The highest BCUT2D eigenvalue weighted by molar-refractivity contribution is 7.90. The van der Waals surface area contributed by atoms with E-state index in [0.29, 0.717) is 0 Å². The van der Waals surface area contributed by atoms with Gasteiger partial charge in [0.2, 0.25) is 0 Å². The molecule has 6 nitrogen and oxygen atoms in total. The maximum atomic E-state index is 12.9. The lowest BCUT2D eigenvalue weighted by Gasteiger charge is -2.37. The molecular weight excluding hydrogens is 404 g/mol. The fraction of sp³-hybridized carbons (Fsp3) is 0.450. The predicted octanol–water partition coefficient (Wildman–Crippen LogP) is 3.35. The van der Waals surface area contributed by atoms with Gasteiger partial charge in [0, 0.05) is 11.8 Å². The minimum absolute atomic E-state index is 0.0127. The summed E-state index contributed by atoms with van der Waals surface area (Å²) in [7, 11) is -3.56. The molecule has 1 saturated carbocycles. The second-order valence-electron chi connectivity index (χ2n) is 7.99. The minimum atomic E-state index is -3.56. The van der Waals surface area contributed by atoms with E-state index in [-0.39, 0.29) is 27.5 Å². The fourth-order valence-electron chi connectivity index (χ4n) is 3.53. The van der Waals surface area contributed by atoms with Crippen LogP contribution in [0, 0.1) is 10.8 Å². The Hall–Kier alpha value is -1.99. The Morgan fingerprint density at radius 1 is 1.04 bits per heavy atom. The first-order valence-electron chi connectivity index (χ1n) is 8.69. The van der Waals surface area contributed by atoms with Crippen molar-refractivity contribution >= 4 is 44.5 Å². The van der Waals surface area contributed by atoms with Crippen LogP contribution in [0.2, 0.25) is 5.02 Å². The topological polar surface area (TPSA) is 106 Å². The van der Waals surface area contributed by atoms with Crippen molar-refractivity contribution in [3.63, 3.8) is 0 Å². The van der Waals surface area contributed by atoms with E-state index in [1.54, 1.807) is 6.92 Å². The molecule has 0 amide bonds. The zero-order valence-electron chi connectivity index (χ0n) is 16.6. The van der Waals surface area contributed by atoms with Crippen molar-refractivity contribution in [3.8, 4) is 0 Å². The van der Waals surface area contributed by atoms with Gasteiger partial charge in [0.05, 0.1) is 20.7 Å². The van der Waals surface area contributed by atoms with Crippen LogP contribution in [-0.2, 0) is 30.6 Å². The Bertz CT molecular complexity index is 1010. The van der Waals surface area contributed by atoms with Gasteiger partial charge in [-0.15, -0.1) is 0 Å². The fourth-order valence-corrected chi connectivity index (χ4v) is 4.98. The van der Waals surface area contributed by atoms with Crippen molar-refractivity contribution in [2.75, 3.05) is 6.26 Å². The lowest BCUT2D eigenvalue weighted by Crippen LogP contribution is -2.54. The second-order valence-corrected chi connectivity index (χ2v) is 10.4. The summed E-state index contributed by atoms with van der Waals surface area (Å²) in [6.07, 6.45) is 1.30. The smallest absolute Gasteiger partial charge is 0.183 e. The number of carbonyl (C=O) groups excluding carboxylic acids is 3. The maximum absolute atomic E-state index is 12.9. The van der Waals surface area contributed by atoms with E-state index in [1.165, 1.54) is 39.8 Å². The SMILES string of the molecule is CCc1c(S(C)(=O)=O)ccc(C(O)=C2C(=O)C(C)(C)C(=O)C(C)(C)C2=O)c1Cl. The molecule has 0 saturated heterocycles. The van der Waals surface area contributed by atoms with Crippen molar-refractivity contribution in [2.45, 2.75) is 45.9 Å². The van der Waals surface area contributed by atoms with Gasteiger partial charge < -0.3 is 5.11 Å². The number of Topliss-reactive ketones (excluding diaryl/α,β-unsaturated/α-hetero) is 3. The number of aliphatic hydroxyl groups excluding tert-OH is 1. The van der Waals surface area contributed by atoms with Crippen molar-refractivity contribution in [1.29, 1.82) is 0 Å². The minimum Gasteiger partial charge on any atom is -0.506 e. The van der Waals surface area contributed by atoms with Gasteiger partial charge in [-0.05, 0) is 51.8 Å². The number of ketones is 3. The molecule has 0 spiro atoms. The summed E-state index contributed by atoms with van der Waals surface area (Å²) in [4.78, 5) is 38.3. The first kappa shape index (κ1) is 22.3. The summed E-state index contributed by atoms with van der Waals surface area (Å²) >= 11 is 6.35. The molecule has 0 aromatic heterocycles. The van der Waals surface area contributed by atoms with Crippen molar-refractivity contribution in [2.24, 2.45) is 10.8 Å². The van der Waals surface area contributed by atoms with Crippen LogP contribution in [0.25, 0.3) is 5.76 Å². The molecule has 1 N–H and O–H groups in total. The first-order chi connectivity index (χ1) is 12.6. The number of halogens is 1. The molecule has 28 heavy (non-hydrogen) atoms. The average molecular weight is 427 g/mol. The third kappa shape index (κ3) is 3.20. The van der Waals surface area contributed by atoms with Crippen molar-refractivity contribution in [1.82, 2.24) is 0 Å². The van der Waals surface area contributed by atoms with Crippen LogP contribution in [0.4, 0.5) is 0 Å². The van der Waals surface area contributed by atoms with Gasteiger partial charge in [-0.25, -0.2) is 8.42 Å². The van der Waals surface area contributed by atoms with Crippen LogP contribution in [0.3, 0.4) is 0 Å². The Labute approximate surface area is 169 Å². The van der Waals surface area contributed by atoms with E-state index in [0.717, 1.165) is 6.26 Å². The second kappa shape index (κ2) is 6.81. The Morgan fingerprint density at radius 2 is 1.50 bits per heavy atom. The van der Waals surface area contributed by atoms with Gasteiger partial charge in [0.1, 0.15) is 11.3 Å². The molecule has 1 aromatic carbocycles. The van der Waals surface area contributed by atoms with Crippen molar-refractivity contribution < 1.29 is 27.9 Å². The van der Waals surface area contributed by atoms with Gasteiger partial charge in [-0.3, -0.25) is 14.4 Å². The molecular formula is C20H23ClO6S.